The highest BCUT2D eigenvalue weighted by Crippen LogP contribution is 2.30. The number of rotatable bonds is 12. The Balaban J connectivity index is 2.79. The van der Waals surface area contributed by atoms with Crippen molar-refractivity contribution in [3.63, 3.8) is 0 Å². The molecule has 0 bridgehead atoms. The van der Waals surface area contributed by atoms with E-state index < -0.39 is 0 Å². The monoisotopic (exact) mass is 399 g/mol. The van der Waals surface area contributed by atoms with Gasteiger partial charge >= 0.3 is 0 Å². The van der Waals surface area contributed by atoms with E-state index in [0.717, 1.165) is 25.7 Å². The number of carbonyl (C=O) groups is 2. The molecule has 5 nitrogen and oxygen atoms in total. The Hall–Kier alpha value is -1.56. The number of benzene rings is 1. The summed E-state index contributed by atoms with van der Waals surface area (Å²) in [5.41, 5.74) is 0.557. The maximum absolute atomic E-state index is 11.9. The first-order valence-corrected chi connectivity index (χ1v) is 9.50. The summed E-state index contributed by atoms with van der Waals surface area (Å²) in [7, 11) is 0. The van der Waals surface area contributed by atoms with Crippen molar-refractivity contribution in [2.45, 2.75) is 46.0 Å². The Bertz CT molecular complexity index is 534. The van der Waals surface area contributed by atoms with Crippen LogP contribution in [0, 0.1) is 0 Å². The summed E-state index contributed by atoms with van der Waals surface area (Å²) in [5.74, 6) is 0.765. The first kappa shape index (κ1) is 20.5. The molecule has 0 unspecified atom stereocenters. The van der Waals surface area contributed by atoms with Crippen LogP contribution in [-0.4, -0.2) is 30.2 Å². The summed E-state index contributed by atoms with van der Waals surface area (Å²) in [6, 6.07) is 5.33. The fourth-order valence-electron chi connectivity index (χ4n) is 1.90. The quantitative estimate of drug-likeness (QED) is 0.322. The number of hydrogen-bond donors (Lipinski definition) is 1. The summed E-state index contributed by atoms with van der Waals surface area (Å²) in [4.78, 5) is 23.3. The number of amides is 1. The lowest BCUT2D eigenvalue weighted by atomic mass is 10.2. The van der Waals surface area contributed by atoms with Gasteiger partial charge in [0.25, 0.3) is 0 Å². The minimum absolute atomic E-state index is 0.158. The molecule has 1 aromatic rings. The van der Waals surface area contributed by atoms with E-state index in [1.54, 1.807) is 18.2 Å². The standard InChI is InChI=1S/C18H26BrNO4/c1-3-5-9-23-15-7-8-16(17(12-15)24-10-6-4-2)20-18(22)11-14(21)13-19/h7-8,12H,3-6,9-11,13H2,1-2H3,(H,20,22). The molecule has 134 valence electrons. The molecule has 0 atom stereocenters. The molecule has 0 aliphatic carbocycles. The number of carbonyl (C=O) groups excluding carboxylic acids is 2. The molecule has 0 radical (unpaired) electrons. The van der Waals surface area contributed by atoms with Gasteiger partial charge in [0.05, 0.1) is 30.7 Å². The molecule has 1 amide bonds. The van der Waals surface area contributed by atoms with Gasteiger partial charge in [-0.05, 0) is 25.0 Å². The number of unbranched alkanes of at least 4 members (excludes halogenated alkanes) is 2. The zero-order valence-corrected chi connectivity index (χ0v) is 16.0. The molecule has 0 aliphatic rings. The number of hydrogen-bond acceptors (Lipinski definition) is 4. The Morgan fingerprint density at radius 3 is 2.38 bits per heavy atom. The summed E-state index contributed by atoms with van der Waals surface area (Å²) < 4.78 is 11.5. The van der Waals surface area contributed by atoms with Crippen LogP contribution in [0.1, 0.15) is 46.0 Å². The molecule has 0 aromatic heterocycles. The predicted molar refractivity (Wildman–Crippen MR) is 99.3 cm³/mol. The number of nitrogens with one attached hydrogen (secondary N) is 1. The fourth-order valence-corrected chi connectivity index (χ4v) is 2.09. The highest BCUT2D eigenvalue weighted by Gasteiger charge is 2.12. The molecule has 1 rings (SSSR count). The molecule has 0 aliphatic heterocycles. The van der Waals surface area contributed by atoms with Crippen molar-refractivity contribution >= 4 is 33.3 Å². The van der Waals surface area contributed by atoms with Crippen LogP contribution in [-0.2, 0) is 9.59 Å². The second-order valence-corrected chi connectivity index (χ2v) is 6.02. The molecule has 0 saturated heterocycles. The van der Waals surface area contributed by atoms with Gasteiger partial charge in [0.15, 0.2) is 5.78 Å². The first-order valence-electron chi connectivity index (χ1n) is 8.37. The Morgan fingerprint density at radius 1 is 1.08 bits per heavy atom. The van der Waals surface area contributed by atoms with Crippen molar-refractivity contribution in [1.82, 2.24) is 0 Å². The van der Waals surface area contributed by atoms with Gasteiger partial charge < -0.3 is 14.8 Å². The lowest BCUT2D eigenvalue weighted by Crippen LogP contribution is -2.17. The van der Waals surface area contributed by atoms with Crippen molar-refractivity contribution in [2.75, 3.05) is 23.9 Å². The van der Waals surface area contributed by atoms with E-state index in [1.807, 2.05) is 0 Å². The molecule has 6 heteroatoms. The Morgan fingerprint density at radius 2 is 1.75 bits per heavy atom. The molecule has 0 fully saturated rings. The number of alkyl halides is 1. The van der Waals surface area contributed by atoms with Crippen LogP contribution in [0.2, 0.25) is 0 Å². The molecule has 0 saturated carbocycles. The van der Waals surface area contributed by atoms with Gasteiger partial charge in [-0.15, -0.1) is 0 Å². The molecular formula is C18H26BrNO4. The third-order valence-electron chi connectivity index (χ3n) is 3.26. The van der Waals surface area contributed by atoms with Gasteiger partial charge in [-0.2, -0.15) is 0 Å². The van der Waals surface area contributed by atoms with E-state index in [2.05, 4.69) is 35.1 Å². The van der Waals surface area contributed by atoms with Crippen molar-refractivity contribution in [1.29, 1.82) is 0 Å². The van der Waals surface area contributed by atoms with E-state index in [-0.39, 0.29) is 23.4 Å². The van der Waals surface area contributed by atoms with Gasteiger partial charge in [0.1, 0.15) is 11.5 Å². The van der Waals surface area contributed by atoms with Crippen LogP contribution in [0.4, 0.5) is 5.69 Å². The maximum Gasteiger partial charge on any atom is 0.231 e. The number of Topliss-reactive ketones (excluding diaryl/α,β-unsaturated/α-hetero) is 1. The topological polar surface area (TPSA) is 64.6 Å². The minimum atomic E-state index is -0.348. The van der Waals surface area contributed by atoms with Crippen molar-refractivity contribution in [2.24, 2.45) is 0 Å². The third-order valence-corrected chi connectivity index (χ3v) is 3.88. The molecular weight excluding hydrogens is 374 g/mol. The lowest BCUT2D eigenvalue weighted by molar-refractivity contribution is -0.123. The van der Waals surface area contributed by atoms with E-state index in [0.29, 0.717) is 30.4 Å². The largest absolute Gasteiger partial charge is 0.493 e. The highest BCUT2D eigenvalue weighted by molar-refractivity contribution is 9.09. The van der Waals surface area contributed by atoms with Gasteiger partial charge in [0, 0.05) is 6.07 Å². The van der Waals surface area contributed by atoms with E-state index in [9.17, 15) is 9.59 Å². The van der Waals surface area contributed by atoms with Crippen LogP contribution in [0.5, 0.6) is 11.5 Å². The summed E-state index contributed by atoms with van der Waals surface area (Å²) in [6.45, 7) is 5.41. The minimum Gasteiger partial charge on any atom is -0.493 e. The van der Waals surface area contributed by atoms with Gasteiger partial charge in [-0.1, -0.05) is 42.6 Å². The van der Waals surface area contributed by atoms with Crippen LogP contribution in [0.3, 0.4) is 0 Å². The SMILES string of the molecule is CCCCOc1ccc(NC(=O)CC(=O)CBr)c(OCCCC)c1. The summed E-state index contributed by atoms with van der Waals surface area (Å²) in [6.07, 6.45) is 3.84. The number of anilines is 1. The van der Waals surface area contributed by atoms with Crippen molar-refractivity contribution in [3.05, 3.63) is 18.2 Å². The summed E-state index contributed by atoms with van der Waals surface area (Å²) in [5, 5.41) is 2.91. The Labute approximate surface area is 152 Å². The van der Waals surface area contributed by atoms with Crippen LogP contribution in [0.15, 0.2) is 18.2 Å². The maximum atomic E-state index is 11.9. The van der Waals surface area contributed by atoms with Crippen molar-refractivity contribution in [3.8, 4) is 11.5 Å². The molecule has 24 heavy (non-hydrogen) atoms. The molecule has 1 aromatic carbocycles. The average molecular weight is 400 g/mol. The van der Waals surface area contributed by atoms with Crippen LogP contribution < -0.4 is 14.8 Å². The van der Waals surface area contributed by atoms with Gasteiger partial charge in [0.2, 0.25) is 5.91 Å². The zero-order chi connectivity index (χ0) is 17.8. The van der Waals surface area contributed by atoms with E-state index in [1.165, 1.54) is 0 Å². The third kappa shape index (κ3) is 7.81. The molecule has 1 N–H and O–H groups in total. The van der Waals surface area contributed by atoms with Crippen LogP contribution in [0.25, 0.3) is 0 Å². The van der Waals surface area contributed by atoms with Crippen molar-refractivity contribution < 1.29 is 19.1 Å². The normalized spacial score (nSPS) is 10.3. The van der Waals surface area contributed by atoms with Gasteiger partial charge in [-0.25, -0.2) is 0 Å². The number of ether oxygens (including phenoxy) is 2. The number of ketones is 1. The molecule has 0 heterocycles. The van der Waals surface area contributed by atoms with E-state index >= 15 is 0 Å². The second kappa shape index (κ2) is 11.9. The second-order valence-electron chi connectivity index (χ2n) is 5.46. The average Bonchev–Trinajstić information content (AvgIpc) is 2.57. The van der Waals surface area contributed by atoms with E-state index in [4.69, 9.17) is 9.47 Å². The Kier molecular flexibility index (Phi) is 10.2. The van der Waals surface area contributed by atoms with Gasteiger partial charge in [-0.3, -0.25) is 9.59 Å². The van der Waals surface area contributed by atoms with Crippen LogP contribution >= 0.6 is 15.9 Å². The summed E-state index contributed by atoms with van der Waals surface area (Å²) >= 11 is 3.05. The number of halogens is 1. The smallest absolute Gasteiger partial charge is 0.231 e. The zero-order valence-electron chi connectivity index (χ0n) is 14.4. The first-order chi connectivity index (χ1) is 11.6. The molecule has 0 spiro atoms. The highest BCUT2D eigenvalue weighted by atomic mass is 79.9. The lowest BCUT2D eigenvalue weighted by Gasteiger charge is -2.14. The predicted octanol–water partition coefficient (Wildman–Crippen LogP) is 4.34. The fraction of sp³-hybridized carbons (Fsp3) is 0.556.